The smallest absolute Gasteiger partial charge is 0.260 e. The van der Waals surface area contributed by atoms with Gasteiger partial charge in [-0.1, -0.05) is 12.1 Å². The first kappa shape index (κ1) is 20.0. The summed E-state index contributed by atoms with van der Waals surface area (Å²) in [5, 5.41) is 15.0. The molecule has 0 aliphatic carbocycles. The van der Waals surface area contributed by atoms with E-state index < -0.39 is 11.7 Å². The van der Waals surface area contributed by atoms with Crippen molar-refractivity contribution in [2.75, 3.05) is 5.32 Å². The molecule has 0 saturated heterocycles. The highest BCUT2D eigenvalue weighted by Gasteiger charge is 2.14. The molecule has 9 heteroatoms. The van der Waals surface area contributed by atoms with Gasteiger partial charge in [-0.25, -0.2) is 9.37 Å². The number of fused-ring (bicyclic) bond motifs is 1. The number of aromatic nitrogens is 1. The Hall–Kier alpha value is -3.30. The van der Waals surface area contributed by atoms with Crippen LogP contribution in [0.5, 0.6) is 5.75 Å². The number of nitrogens with zero attached hydrogens (tertiary/aromatic N) is 1. The molecule has 0 fully saturated rings. The molecule has 1 heterocycles. The first-order valence-corrected chi connectivity index (χ1v) is 9.87. The summed E-state index contributed by atoms with van der Waals surface area (Å²) in [7, 11) is 0. The first-order valence-electron chi connectivity index (χ1n) is 8.67. The topological polar surface area (TPSA) is 87.4 Å². The van der Waals surface area contributed by atoms with Gasteiger partial charge in [-0.05, 0) is 76.7 Å². The lowest BCUT2D eigenvalue weighted by molar-refractivity contribution is 0.0974. The Kier molecular flexibility index (Phi) is 5.47. The zero-order chi connectivity index (χ0) is 21.3. The number of anilines is 1. The maximum absolute atomic E-state index is 13.7. The van der Waals surface area contributed by atoms with Crippen molar-refractivity contribution in [3.8, 4) is 17.2 Å². The van der Waals surface area contributed by atoms with Crippen LogP contribution in [0.15, 0.2) is 69.6 Å². The summed E-state index contributed by atoms with van der Waals surface area (Å²) < 4.78 is 20.0. The summed E-state index contributed by atoms with van der Waals surface area (Å²) in [6.45, 7) is 0. The number of rotatable bonds is 3. The Morgan fingerprint density at radius 3 is 2.70 bits per heavy atom. The number of benzene rings is 3. The van der Waals surface area contributed by atoms with E-state index in [-0.39, 0.29) is 16.4 Å². The van der Waals surface area contributed by atoms with Crippen LogP contribution in [-0.2, 0) is 0 Å². The Balaban J connectivity index is 1.51. The van der Waals surface area contributed by atoms with E-state index in [1.54, 1.807) is 36.4 Å². The lowest BCUT2D eigenvalue weighted by Gasteiger charge is -2.09. The normalized spacial score (nSPS) is 10.7. The molecule has 4 rings (SSSR count). The lowest BCUT2D eigenvalue weighted by atomic mass is 10.2. The predicted molar refractivity (Wildman–Crippen MR) is 119 cm³/mol. The fourth-order valence-electron chi connectivity index (χ4n) is 2.75. The van der Waals surface area contributed by atoms with Gasteiger partial charge in [-0.3, -0.25) is 10.1 Å². The van der Waals surface area contributed by atoms with Crippen molar-refractivity contribution in [3.63, 3.8) is 0 Å². The summed E-state index contributed by atoms with van der Waals surface area (Å²) in [4.78, 5) is 16.6. The molecule has 150 valence electrons. The highest BCUT2D eigenvalue weighted by atomic mass is 79.9. The van der Waals surface area contributed by atoms with Gasteiger partial charge in [-0.15, -0.1) is 0 Å². The number of amides is 1. The number of carbonyl (C=O) groups is 1. The average molecular weight is 486 g/mol. The van der Waals surface area contributed by atoms with E-state index in [9.17, 15) is 14.3 Å². The van der Waals surface area contributed by atoms with E-state index in [1.165, 1.54) is 24.3 Å². The number of carbonyl (C=O) groups excluding carboxylic acids is 1. The van der Waals surface area contributed by atoms with Gasteiger partial charge < -0.3 is 14.8 Å². The number of hydrogen-bond donors (Lipinski definition) is 3. The van der Waals surface area contributed by atoms with Crippen LogP contribution >= 0.6 is 28.1 Å². The zero-order valence-corrected chi connectivity index (χ0v) is 17.6. The fourth-order valence-corrected chi connectivity index (χ4v) is 3.34. The van der Waals surface area contributed by atoms with Crippen LogP contribution in [0.25, 0.3) is 22.6 Å². The Morgan fingerprint density at radius 1 is 1.13 bits per heavy atom. The van der Waals surface area contributed by atoms with Crippen LogP contribution in [0.1, 0.15) is 10.4 Å². The zero-order valence-electron chi connectivity index (χ0n) is 15.1. The predicted octanol–water partition coefficient (Wildman–Crippen LogP) is 5.23. The lowest BCUT2D eigenvalue weighted by Crippen LogP contribution is -2.34. The summed E-state index contributed by atoms with van der Waals surface area (Å²) in [5.74, 6) is -0.769. The second-order valence-corrected chi connectivity index (χ2v) is 7.52. The largest absolute Gasteiger partial charge is 0.507 e. The van der Waals surface area contributed by atoms with E-state index in [2.05, 4.69) is 31.5 Å². The third-order valence-corrected chi connectivity index (χ3v) is 5.02. The van der Waals surface area contributed by atoms with E-state index >= 15 is 0 Å². The average Bonchev–Trinajstić information content (AvgIpc) is 3.13. The molecule has 0 radical (unpaired) electrons. The molecule has 1 aromatic heterocycles. The SMILES string of the molecule is O=C(NC(=S)Nc1ccc2oc(-c3ccc(O)c(Br)c3)nc2c1)c1ccccc1F. The molecule has 1 amide bonds. The van der Waals surface area contributed by atoms with Crippen LogP contribution in [-0.4, -0.2) is 21.1 Å². The molecular weight excluding hydrogens is 473 g/mol. The Morgan fingerprint density at radius 2 is 1.93 bits per heavy atom. The van der Waals surface area contributed by atoms with Crippen molar-refractivity contribution in [2.45, 2.75) is 0 Å². The minimum Gasteiger partial charge on any atom is -0.507 e. The van der Waals surface area contributed by atoms with Crippen molar-refractivity contribution in [1.29, 1.82) is 0 Å². The van der Waals surface area contributed by atoms with E-state index in [4.69, 9.17) is 16.6 Å². The van der Waals surface area contributed by atoms with Gasteiger partial charge in [0, 0.05) is 11.3 Å². The molecule has 3 N–H and O–H groups in total. The number of hydrogen-bond acceptors (Lipinski definition) is 5. The summed E-state index contributed by atoms with van der Waals surface area (Å²) in [6.07, 6.45) is 0. The van der Waals surface area contributed by atoms with Crippen LogP contribution < -0.4 is 10.6 Å². The van der Waals surface area contributed by atoms with Gasteiger partial charge in [0.05, 0.1) is 10.0 Å². The van der Waals surface area contributed by atoms with Gasteiger partial charge >= 0.3 is 0 Å². The van der Waals surface area contributed by atoms with Crippen LogP contribution in [0, 0.1) is 5.82 Å². The Bertz CT molecular complexity index is 1290. The van der Waals surface area contributed by atoms with Crippen molar-refractivity contribution < 1.29 is 18.7 Å². The van der Waals surface area contributed by atoms with Crippen molar-refractivity contribution >= 4 is 56.0 Å². The van der Waals surface area contributed by atoms with Gasteiger partial charge in [0.15, 0.2) is 10.7 Å². The van der Waals surface area contributed by atoms with E-state index in [0.717, 1.165) is 0 Å². The molecule has 0 aliphatic rings. The highest BCUT2D eigenvalue weighted by Crippen LogP contribution is 2.31. The second kappa shape index (κ2) is 8.21. The first-order chi connectivity index (χ1) is 14.4. The maximum Gasteiger partial charge on any atom is 0.260 e. The molecule has 4 aromatic rings. The van der Waals surface area contributed by atoms with Gasteiger partial charge in [-0.2, -0.15) is 0 Å². The molecule has 0 unspecified atom stereocenters. The van der Waals surface area contributed by atoms with Crippen LogP contribution in [0.4, 0.5) is 10.1 Å². The molecule has 0 aliphatic heterocycles. The maximum atomic E-state index is 13.7. The molecular formula is C21H13BrFN3O3S. The Labute approximate surface area is 183 Å². The van der Waals surface area contributed by atoms with Crippen LogP contribution in [0.2, 0.25) is 0 Å². The standard InChI is InChI=1S/C21H13BrFN3O3S/c22-14-9-11(5-7-17(14)27)20-25-16-10-12(6-8-18(16)29-20)24-21(30)26-19(28)13-3-1-2-4-15(13)23/h1-10,27H,(H2,24,26,28,30). The number of halogens is 2. The van der Waals surface area contributed by atoms with Crippen molar-refractivity contribution in [3.05, 3.63) is 76.5 Å². The summed E-state index contributed by atoms with van der Waals surface area (Å²) in [6, 6.07) is 15.7. The third-order valence-electron chi connectivity index (χ3n) is 4.19. The van der Waals surface area contributed by atoms with Gasteiger partial charge in [0.2, 0.25) is 5.89 Å². The number of phenolic OH excluding ortho intramolecular Hbond substituents is 1. The fraction of sp³-hybridized carbons (Fsp3) is 0. The molecule has 0 bridgehead atoms. The van der Waals surface area contributed by atoms with Crippen molar-refractivity contribution in [2.24, 2.45) is 0 Å². The van der Waals surface area contributed by atoms with Gasteiger partial charge in [0.1, 0.15) is 17.1 Å². The molecule has 3 aromatic carbocycles. The summed E-state index contributed by atoms with van der Waals surface area (Å²) in [5.41, 5.74) is 2.30. The molecule has 0 spiro atoms. The molecule has 6 nitrogen and oxygen atoms in total. The molecule has 30 heavy (non-hydrogen) atoms. The van der Waals surface area contributed by atoms with E-state index in [1.807, 2.05) is 0 Å². The second-order valence-electron chi connectivity index (χ2n) is 6.26. The molecule has 0 saturated carbocycles. The number of oxazole rings is 1. The number of thiocarbonyl (C=S) groups is 1. The highest BCUT2D eigenvalue weighted by molar-refractivity contribution is 9.10. The van der Waals surface area contributed by atoms with Gasteiger partial charge in [0.25, 0.3) is 5.91 Å². The quantitative estimate of drug-likeness (QED) is 0.344. The minimum atomic E-state index is -0.645. The monoisotopic (exact) mass is 485 g/mol. The summed E-state index contributed by atoms with van der Waals surface area (Å²) >= 11 is 8.41. The number of phenols is 1. The third kappa shape index (κ3) is 4.17. The van der Waals surface area contributed by atoms with Crippen molar-refractivity contribution in [1.82, 2.24) is 10.3 Å². The number of aromatic hydroxyl groups is 1. The molecule has 0 atom stereocenters. The van der Waals surface area contributed by atoms with E-state index in [0.29, 0.717) is 32.7 Å². The minimum absolute atomic E-state index is 0.0220. The number of nitrogens with one attached hydrogen (secondary N) is 2. The van der Waals surface area contributed by atoms with Crippen LogP contribution in [0.3, 0.4) is 0 Å².